The van der Waals surface area contributed by atoms with Gasteiger partial charge in [-0.3, -0.25) is 4.40 Å². The second-order valence-corrected chi connectivity index (χ2v) is 2.66. The number of nitrogens with zero attached hydrogens (tertiary/aromatic N) is 2. The summed E-state index contributed by atoms with van der Waals surface area (Å²) >= 11 is 0. The number of aromatic nitrogens is 2. The minimum atomic E-state index is 0.822. The van der Waals surface area contributed by atoms with Gasteiger partial charge in [-0.2, -0.15) is 0 Å². The molecule has 0 N–H and O–H groups in total. The highest BCUT2D eigenvalue weighted by Gasteiger charge is 2.02. The normalized spacial score (nSPS) is 9.43. The molecular weight excluding hydrogens is 176 g/mol. The molecule has 0 aromatic carbocycles. The summed E-state index contributed by atoms with van der Waals surface area (Å²) in [6.07, 6.45) is 1.83. The van der Waals surface area contributed by atoms with Crippen LogP contribution in [0.3, 0.4) is 0 Å². The second kappa shape index (κ2) is 4.65. The third-order valence-corrected chi connectivity index (χ3v) is 1.88. The minimum absolute atomic E-state index is 0.822. The predicted octanol–water partition coefficient (Wildman–Crippen LogP) is 2.68. The summed E-state index contributed by atoms with van der Waals surface area (Å²) in [5.41, 5.74) is 2.01. The molecule has 2 aromatic heterocycles. The molecular formula is C11H16N2O. The molecule has 2 rings (SSSR count). The highest BCUT2D eigenvalue weighted by atomic mass is 16.5. The number of ether oxygens (including phenoxy) is 1. The van der Waals surface area contributed by atoms with Crippen LogP contribution in [-0.2, 0) is 0 Å². The maximum absolute atomic E-state index is 5.19. The van der Waals surface area contributed by atoms with E-state index in [1.54, 1.807) is 7.11 Å². The quantitative estimate of drug-likeness (QED) is 0.694. The molecule has 76 valence electrons. The Bertz CT molecular complexity index is 407. The standard InChI is InChI=1S/C9H10N2O.C2H6/c1-7-6-10-8-4-3-5-9(12-2)11(7)8;1-2/h3-6H,1-2H3;1-2H3. The molecule has 0 atom stereocenters. The second-order valence-electron chi connectivity index (χ2n) is 2.66. The molecule has 0 bridgehead atoms. The molecule has 2 heterocycles. The van der Waals surface area contributed by atoms with Gasteiger partial charge in [-0.05, 0) is 19.1 Å². The lowest BCUT2D eigenvalue weighted by molar-refractivity contribution is 0.391. The van der Waals surface area contributed by atoms with E-state index < -0.39 is 0 Å². The lowest BCUT2D eigenvalue weighted by atomic mass is 10.4. The zero-order valence-electron chi connectivity index (χ0n) is 9.11. The minimum Gasteiger partial charge on any atom is -0.482 e. The fraction of sp³-hybridized carbons (Fsp3) is 0.364. The number of aryl methyl sites for hydroxylation is 1. The SMILES string of the molecule is CC.COc1cccc2ncc(C)n12. The van der Waals surface area contributed by atoms with Crippen LogP contribution in [0.4, 0.5) is 0 Å². The molecule has 0 radical (unpaired) electrons. The van der Waals surface area contributed by atoms with Gasteiger partial charge in [0.05, 0.1) is 7.11 Å². The molecule has 0 aliphatic heterocycles. The Kier molecular flexibility index (Phi) is 3.51. The van der Waals surface area contributed by atoms with Crippen LogP contribution in [0.25, 0.3) is 5.65 Å². The average Bonchev–Trinajstić information content (AvgIpc) is 2.64. The first-order valence-corrected chi connectivity index (χ1v) is 4.80. The van der Waals surface area contributed by atoms with E-state index >= 15 is 0 Å². The Balaban J connectivity index is 0.000000461. The largest absolute Gasteiger partial charge is 0.482 e. The van der Waals surface area contributed by atoms with Crippen molar-refractivity contribution in [2.45, 2.75) is 20.8 Å². The maximum atomic E-state index is 5.19. The molecule has 3 heteroatoms. The molecule has 0 amide bonds. The number of hydrogen-bond acceptors (Lipinski definition) is 2. The predicted molar refractivity (Wildman–Crippen MR) is 57.8 cm³/mol. The van der Waals surface area contributed by atoms with E-state index in [1.807, 2.05) is 49.6 Å². The first-order valence-electron chi connectivity index (χ1n) is 4.80. The zero-order valence-corrected chi connectivity index (χ0v) is 9.11. The zero-order chi connectivity index (χ0) is 10.6. The molecule has 0 fully saturated rings. The maximum Gasteiger partial charge on any atom is 0.199 e. The van der Waals surface area contributed by atoms with Crippen LogP contribution in [-0.4, -0.2) is 16.5 Å². The van der Waals surface area contributed by atoms with Crippen molar-refractivity contribution in [2.24, 2.45) is 0 Å². The molecule has 0 saturated heterocycles. The van der Waals surface area contributed by atoms with Gasteiger partial charge in [-0.25, -0.2) is 4.98 Å². The third-order valence-electron chi connectivity index (χ3n) is 1.88. The van der Waals surface area contributed by atoms with Gasteiger partial charge in [-0.1, -0.05) is 19.9 Å². The van der Waals surface area contributed by atoms with Crippen LogP contribution in [0.15, 0.2) is 24.4 Å². The Labute approximate surface area is 84.3 Å². The fourth-order valence-electron chi connectivity index (χ4n) is 1.31. The average molecular weight is 192 g/mol. The molecule has 0 unspecified atom stereocenters. The molecule has 3 nitrogen and oxygen atoms in total. The van der Waals surface area contributed by atoms with Crippen molar-refractivity contribution in [3.8, 4) is 5.88 Å². The Morgan fingerprint density at radius 3 is 2.64 bits per heavy atom. The van der Waals surface area contributed by atoms with Gasteiger partial charge < -0.3 is 4.74 Å². The van der Waals surface area contributed by atoms with E-state index in [9.17, 15) is 0 Å². The van der Waals surface area contributed by atoms with Gasteiger partial charge in [0.15, 0.2) is 5.88 Å². The Morgan fingerprint density at radius 2 is 2.00 bits per heavy atom. The van der Waals surface area contributed by atoms with Gasteiger partial charge in [0.25, 0.3) is 0 Å². The van der Waals surface area contributed by atoms with E-state index in [-0.39, 0.29) is 0 Å². The first-order chi connectivity index (χ1) is 6.83. The third kappa shape index (κ3) is 1.71. The van der Waals surface area contributed by atoms with Gasteiger partial charge in [0.1, 0.15) is 5.65 Å². The van der Waals surface area contributed by atoms with Crippen LogP contribution in [0.1, 0.15) is 19.5 Å². The van der Waals surface area contributed by atoms with Crippen molar-refractivity contribution in [3.63, 3.8) is 0 Å². The number of imidazole rings is 1. The van der Waals surface area contributed by atoms with Gasteiger partial charge >= 0.3 is 0 Å². The van der Waals surface area contributed by atoms with Crippen LogP contribution in [0.2, 0.25) is 0 Å². The molecule has 14 heavy (non-hydrogen) atoms. The number of methoxy groups -OCH3 is 1. The number of rotatable bonds is 1. The molecule has 0 spiro atoms. The summed E-state index contributed by atoms with van der Waals surface area (Å²) in [5.74, 6) is 0.822. The molecule has 0 aliphatic carbocycles. The first kappa shape index (κ1) is 10.6. The summed E-state index contributed by atoms with van der Waals surface area (Å²) in [6.45, 7) is 6.00. The van der Waals surface area contributed by atoms with Gasteiger partial charge in [-0.15, -0.1) is 0 Å². The van der Waals surface area contributed by atoms with Crippen molar-refractivity contribution >= 4 is 5.65 Å². The summed E-state index contributed by atoms with van der Waals surface area (Å²) in [4.78, 5) is 4.21. The molecule has 0 saturated carbocycles. The lowest BCUT2D eigenvalue weighted by Crippen LogP contribution is -1.94. The van der Waals surface area contributed by atoms with Crippen molar-refractivity contribution in [2.75, 3.05) is 7.11 Å². The number of hydrogen-bond donors (Lipinski definition) is 0. The summed E-state index contributed by atoms with van der Waals surface area (Å²) in [7, 11) is 1.66. The van der Waals surface area contributed by atoms with E-state index in [0.717, 1.165) is 17.2 Å². The lowest BCUT2D eigenvalue weighted by Gasteiger charge is -2.03. The summed E-state index contributed by atoms with van der Waals surface area (Å²) in [6, 6.07) is 5.80. The van der Waals surface area contributed by atoms with E-state index in [4.69, 9.17) is 4.74 Å². The van der Waals surface area contributed by atoms with Crippen LogP contribution >= 0.6 is 0 Å². The number of pyridine rings is 1. The highest BCUT2D eigenvalue weighted by molar-refractivity contribution is 5.43. The van der Waals surface area contributed by atoms with Gasteiger partial charge in [0.2, 0.25) is 0 Å². The van der Waals surface area contributed by atoms with Crippen LogP contribution in [0.5, 0.6) is 5.88 Å². The smallest absolute Gasteiger partial charge is 0.199 e. The summed E-state index contributed by atoms with van der Waals surface area (Å²) < 4.78 is 7.16. The van der Waals surface area contributed by atoms with Crippen molar-refractivity contribution in [1.29, 1.82) is 0 Å². The topological polar surface area (TPSA) is 26.5 Å². The van der Waals surface area contributed by atoms with E-state index in [2.05, 4.69) is 4.98 Å². The van der Waals surface area contributed by atoms with Crippen LogP contribution < -0.4 is 4.74 Å². The summed E-state index contributed by atoms with van der Waals surface area (Å²) in [5, 5.41) is 0. The van der Waals surface area contributed by atoms with Crippen molar-refractivity contribution in [3.05, 3.63) is 30.1 Å². The Hall–Kier alpha value is -1.51. The highest BCUT2D eigenvalue weighted by Crippen LogP contribution is 2.15. The van der Waals surface area contributed by atoms with E-state index in [1.165, 1.54) is 0 Å². The molecule has 2 aromatic rings. The van der Waals surface area contributed by atoms with Crippen molar-refractivity contribution < 1.29 is 4.74 Å². The fourth-order valence-corrected chi connectivity index (χ4v) is 1.31. The molecule has 0 aliphatic rings. The van der Waals surface area contributed by atoms with Crippen molar-refractivity contribution in [1.82, 2.24) is 9.38 Å². The van der Waals surface area contributed by atoms with Gasteiger partial charge in [0, 0.05) is 11.9 Å². The monoisotopic (exact) mass is 192 g/mol. The van der Waals surface area contributed by atoms with Crippen LogP contribution in [0, 0.1) is 6.92 Å². The van der Waals surface area contributed by atoms with E-state index in [0.29, 0.717) is 0 Å². The Morgan fingerprint density at radius 1 is 1.29 bits per heavy atom. The number of fused-ring (bicyclic) bond motifs is 1.